The lowest BCUT2D eigenvalue weighted by Crippen LogP contribution is -2.18. The number of hydrogen-bond acceptors (Lipinski definition) is 2. The molecule has 0 unspecified atom stereocenters. The number of halogens is 1. The highest BCUT2D eigenvalue weighted by molar-refractivity contribution is 6.35. The van der Waals surface area contributed by atoms with Crippen molar-refractivity contribution in [1.82, 2.24) is 9.88 Å². The highest BCUT2D eigenvalue weighted by atomic mass is 35.5. The number of amides is 1. The Morgan fingerprint density at radius 2 is 2.25 bits per heavy atom. The fraction of sp³-hybridized carbons (Fsp3) is 0.182. The van der Waals surface area contributed by atoms with Crippen molar-refractivity contribution in [1.29, 1.82) is 0 Å². The number of phenols is 1. The maximum Gasteiger partial charge on any atom is 0.270 e. The minimum absolute atomic E-state index is 0.0679. The standard InChI is InChI=1S/C11H9ClN2O2/c1-14-4-5-8-7(15)3-2-6(12)10(8)13-9(5)11(14)16/h2-3,13,15H,4H2,1H3. The molecule has 2 heterocycles. The Hall–Kier alpha value is -1.68. The van der Waals surface area contributed by atoms with Gasteiger partial charge in [0.2, 0.25) is 0 Å². The highest BCUT2D eigenvalue weighted by Gasteiger charge is 2.30. The smallest absolute Gasteiger partial charge is 0.270 e. The summed E-state index contributed by atoms with van der Waals surface area (Å²) in [6, 6.07) is 3.15. The first-order valence-electron chi connectivity index (χ1n) is 4.87. The lowest BCUT2D eigenvalue weighted by Gasteiger charge is -2.07. The molecule has 1 aromatic heterocycles. The van der Waals surface area contributed by atoms with Gasteiger partial charge in [-0.2, -0.15) is 0 Å². The monoisotopic (exact) mass is 236 g/mol. The van der Waals surface area contributed by atoms with Crippen LogP contribution in [-0.4, -0.2) is 27.9 Å². The van der Waals surface area contributed by atoms with Gasteiger partial charge in [-0.1, -0.05) is 11.6 Å². The molecule has 5 heteroatoms. The van der Waals surface area contributed by atoms with Gasteiger partial charge in [0.1, 0.15) is 11.4 Å². The number of hydrogen-bond donors (Lipinski definition) is 2. The first-order chi connectivity index (χ1) is 7.59. The topological polar surface area (TPSA) is 56.3 Å². The molecule has 2 N–H and O–H groups in total. The first-order valence-corrected chi connectivity index (χ1v) is 5.25. The third-order valence-electron chi connectivity index (χ3n) is 2.94. The highest BCUT2D eigenvalue weighted by Crippen LogP contribution is 2.38. The summed E-state index contributed by atoms with van der Waals surface area (Å²) in [4.78, 5) is 16.3. The van der Waals surface area contributed by atoms with Crippen LogP contribution < -0.4 is 0 Å². The molecule has 0 spiro atoms. The number of fused-ring (bicyclic) bond motifs is 3. The minimum atomic E-state index is -0.0679. The Morgan fingerprint density at radius 3 is 3.00 bits per heavy atom. The second-order valence-corrected chi connectivity index (χ2v) is 4.36. The fourth-order valence-electron chi connectivity index (χ4n) is 2.16. The van der Waals surface area contributed by atoms with E-state index in [9.17, 15) is 9.90 Å². The molecule has 82 valence electrons. The van der Waals surface area contributed by atoms with Crippen molar-refractivity contribution in [2.45, 2.75) is 6.54 Å². The quantitative estimate of drug-likeness (QED) is 0.736. The molecule has 0 bridgehead atoms. The average molecular weight is 237 g/mol. The van der Waals surface area contributed by atoms with E-state index in [1.165, 1.54) is 0 Å². The van der Waals surface area contributed by atoms with Crippen LogP contribution in [0.1, 0.15) is 16.1 Å². The van der Waals surface area contributed by atoms with Crippen LogP contribution in [0.2, 0.25) is 5.02 Å². The molecule has 1 amide bonds. The summed E-state index contributed by atoms with van der Waals surface area (Å²) in [6.07, 6.45) is 0. The molecule has 1 aliphatic rings. The molecule has 0 aliphatic carbocycles. The number of aromatic nitrogens is 1. The lowest BCUT2D eigenvalue weighted by atomic mass is 10.1. The van der Waals surface area contributed by atoms with Crippen LogP contribution in [0.25, 0.3) is 10.9 Å². The summed E-state index contributed by atoms with van der Waals surface area (Å²) < 4.78 is 0. The van der Waals surface area contributed by atoms with Gasteiger partial charge in [-0.25, -0.2) is 0 Å². The number of nitrogens with zero attached hydrogens (tertiary/aromatic N) is 1. The zero-order valence-electron chi connectivity index (χ0n) is 8.54. The number of rotatable bonds is 0. The van der Waals surface area contributed by atoms with E-state index in [1.807, 2.05) is 0 Å². The van der Waals surface area contributed by atoms with Crippen LogP contribution in [0.4, 0.5) is 0 Å². The van der Waals surface area contributed by atoms with Gasteiger partial charge in [0.25, 0.3) is 5.91 Å². The Kier molecular flexibility index (Phi) is 1.74. The molecule has 4 nitrogen and oxygen atoms in total. The van der Waals surface area contributed by atoms with E-state index in [-0.39, 0.29) is 11.7 Å². The lowest BCUT2D eigenvalue weighted by molar-refractivity contribution is 0.0812. The number of carbonyl (C=O) groups excluding carboxylic acids is 1. The van der Waals surface area contributed by atoms with Crippen LogP contribution in [0.3, 0.4) is 0 Å². The summed E-state index contributed by atoms with van der Waals surface area (Å²) in [5.74, 6) is 0.0849. The predicted molar refractivity (Wildman–Crippen MR) is 60.8 cm³/mol. The number of aromatic amines is 1. The number of carbonyl (C=O) groups is 1. The van der Waals surface area contributed by atoms with Gasteiger partial charge in [0.15, 0.2) is 0 Å². The van der Waals surface area contributed by atoms with Gasteiger partial charge in [-0.05, 0) is 12.1 Å². The SMILES string of the molecule is CN1Cc2c([nH]c3c(Cl)ccc(O)c23)C1=O. The molecule has 0 saturated heterocycles. The molecule has 0 fully saturated rings. The van der Waals surface area contributed by atoms with Crippen LogP contribution in [0, 0.1) is 0 Å². The van der Waals surface area contributed by atoms with Crippen molar-refractivity contribution in [3.05, 3.63) is 28.4 Å². The van der Waals surface area contributed by atoms with E-state index in [0.29, 0.717) is 28.2 Å². The van der Waals surface area contributed by atoms with Gasteiger partial charge in [0, 0.05) is 24.5 Å². The zero-order valence-corrected chi connectivity index (χ0v) is 9.30. The van der Waals surface area contributed by atoms with E-state index >= 15 is 0 Å². The molecule has 16 heavy (non-hydrogen) atoms. The van der Waals surface area contributed by atoms with Crippen molar-refractivity contribution in [2.24, 2.45) is 0 Å². The zero-order chi connectivity index (χ0) is 11.4. The van der Waals surface area contributed by atoms with Crippen LogP contribution >= 0.6 is 11.6 Å². The Bertz CT molecular complexity index is 618. The molecule has 0 atom stereocenters. The van der Waals surface area contributed by atoms with Gasteiger partial charge >= 0.3 is 0 Å². The van der Waals surface area contributed by atoms with Gasteiger partial charge in [0.05, 0.1) is 10.5 Å². The summed E-state index contributed by atoms with van der Waals surface area (Å²) in [7, 11) is 1.73. The summed E-state index contributed by atoms with van der Waals surface area (Å²) in [5.41, 5.74) is 1.98. The van der Waals surface area contributed by atoms with Gasteiger partial charge < -0.3 is 15.0 Å². The normalized spacial score (nSPS) is 14.9. The predicted octanol–water partition coefficient (Wildman–Crippen LogP) is 2.11. The Labute approximate surface area is 96.4 Å². The van der Waals surface area contributed by atoms with Crippen LogP contribution in [-0.2, 0) is 6.54 Å². The molecule has 0 saturated carbocycles. The molecule has 2 aromatic rings. The van der Waals surface area contributed by atoms with E-state index in [4.69, 9.17) is 11.6 Å². The number of H-pyrrole nitrogens is 1. The molecular weight excluding hydrogens is 228 g/mol. The second kappa shape index (κ2) is 2.92. The Balaban J connectivity index is 2.43. The maximum absolute atomic E-state index is 11.8. The van der Waals surface area contributed by atoms with Crippen molar-refractivity contribution < 1.29 is 9.90 Å². The minimum Gasteiger partial charge on any atom is -0.507 e. The first kappa shape index (κ1) is 9.54. The largest absolute Gasteiger partial charge is 0.507 e. The summed E-state index contributed by atoms with van der Waals surface area (Å²) >= 11 is 6.01. The van der Waals surface area contributed by atoms with Crippen molar-refractivity contribution in [3.8, 4) is 5.75 Å². The number of phenolic OH excluding ortho intramolecular Hbond substituents is 1. The number of aromatic hydroxyl groups is 1. The van der Waals surface area contributed by atoms with Gasteiger partial charge in [-0.3, -0.25) is 4.79 Å². The molecule has 1 aliphatic heterocycles. The van der Waals surface area contributed by atoms with Crippen molar-refractivity contribution >= 4 is 28.4 Å². The van der Waals surface area contributed by atoms with Gasteiger partial charge in [-0.15, -0.1) is 0 Å². The van der Waals surface area contributed by atoms with E-state index in [0.717, 1.165) is 5.56 Å². The number of benzene rings is 1. The fourth-order valence-corrected chi connectivity index (χ4v) is 2.36. The van der Waals surface area contributed by atoms with E-state index < -0.39 is 0 Å². The third kappa shape index (κ3) is 1.02. The van der Waals surface area contributed by atoms with E-state index in [2.05, 4.69) is 4.98 Å². The molecule has 1 aromatic carbocycles. The molecule has 3 rings (SSSR count). The molecule has 0 radical (unpaired) electrons. The van der Waals surface area contributed by atoms with Crippen molar-refractivity contribution in [2.75, 3.05) is 7.05 Å². The number of nitrogens with one attached hydrogen (secondary N) is 1. The van der Waals surface area contributed by atoms with Crippen molar-refractivity contribution in [3.63, 3.8) is 0 Å². The van der Waals surface area contributed by atoms with E-state index in [1.54, 1.807) is 24.1 Å². The summed E-state index contributed by atoms with van der Waals surface area (Å²) in [6.45, 7) is 0.502. The molecular formula is C11H9ClN2O2. The van der Waals surface area contributed by atoms with Crippen LogP contribution in [0.15, 0.2) is 12.1 Å². The second-order valence-electron chi connectivity index (χ2n) is 3.96. The average Bonchev–Trinajstić information content (AvgIpc) is 2.74. The van der Waals surface area contributed by atoms with Crippen LogP contribution in [0.5, 0.6) is 5.75 Å². The Morgan fingerprint density at radius 1 is 1.50 bits per heavy atom. The summed E-state index contributed by atoms with van der Waals surface area (Å²) in [5, 5.41) is 11.0. The maximum atomic E-state index is 11.8. The third-order valence-corrected chi connectivity index (χ3v) is 3.26.